The first-order valence-corrected chi connectivity index (χ1v) is 23.6. The number of unbranched alkanes of at least 4 members (excludes halogenated alkanes) is 6. The highest BCUT2D eigenvalue weighted by Crippen LogP contribution is 2.47. The molecule has 0 aromatic carbocycles. The summed E-state index contributed by atoms with van der Waals surface area (Å²) < 4.78 is 33.3. The highest BCUT2D eigenvalue weighted by Gasteiger charge is 2.51. The minimum Gasteiger partial charge on any atom is -0.462 e. The molecule has 0 saturated heterocycles. The Hall–Kier alpha value is -3.27. The Bertz CT molecular complexity index is 1470. The van der Waals surface area contributed by atoms with E-state index >= 15 is 0 Å². The van der Waals surface area contributed by atoms with Gasteiger partial charge in [0, 0.05) is 12.8 Å². The van der Waals surface area contributed by atoms with Crippen molar-refractivity contribution in [2.75, 3.05) is 13.2 Å². The molecule has 14 nitrogen and oxygen atoms in total. The first-order chi connectivity index (χ1) is 29.8. The first kappa shape index (κ1) is 56.7. The van der Waals surface area contributed by atoms with E-state index in [-0.39, 0.29) is 19.3 Å². The van der Waals surface area contributed by atoms with Crippen molar-refractivity contribution in [1.29, 1.82) is 0 Å². The average molecular weight is 895 g/mol. The fraction of sp³-hybridized carbons (Fsp3) is 0.617. The van der Waals surface area contributed by atoms with Gasteiger partial charge in [-0.15, -0.1) is 0 Å². The largest absolute Gasteiger partial charge is 0.472 e. The normalized spacial score (nSPS) is 23.3. The molecule has 4 unspecified atom stereocenters. The number of aliphatic hydroxyl groups excluding tert-OH is 6. The summed E-state index contributed by atoms with van der Waals surface area (Å²) in [4.78, 5) is 35.7. The Morgan fingerprint density at radius 3 is 1.71 bits per heavy atom. The predicted octanol–water partition coefficient (Wildman–Crippen LogP) is 7.24. The summed E-state index contributed by atoms with van der Waals surface area (Å²) in [7, 11) is -5.19. The SMILES string of the molecule is CC/C=C\C/C=C\C/C=C\C/C=C\C/C=C\C=C/C(O)CCC(=O)O[C@H](COC(=O)CCCCCCC/C=C\C/C=C\CCC)COP(=O)(O)OC1[C@H](O)[C@H](O)C(O)[C@H](O)[C@H]1O. The maximum Gasteiger partial charge on any atom is 0.472 e. The van der Waals surface area contributed by atoms with E-state index in [4.69, 9.17) is 18.5 Å². The molecule has 1 aliphatic carbocycles. The maximum atomic E-state index is 12.8. The van der Waals surface area contributed by atoms with Crippen LogP contribution < -0.4 is 0 Å². The number of hydrogen-bond acceptors (Lipinski definition) is 13. The zero-order chi connectivity index (χ0) is 45.9. The topological polar surface area (TPSA) is 230 Å². The third-order valence-corrected chi connectivity index (χ3v) is 10.5. The number of aliphatic hydroxyl groups is 6. The van der Waals surface area contributed by atoms with E-state index in [1.165, 1.54) is 6.08 Å². The van der Waals surface area contributed by atoms with Crippen LogP contribution in [0.3, 0.4) is 0 Å². The molecule has 0 aromatic rings. The summed E-state index contributed by atoms with van der Waals surface area (Å²) in [5, 5.41) is 60.5. The molecule has 1 saturated carbocycles. The summed E-state index contributed by atoms with van der Waals surface area (Å²) >= 11 is 0. The maximum absolute atomic E-state index is 12.8. The Morgan fingerprint density at radius 1 is 0.597 bits per heavy atom. The van der Waals surface area contributed by atoms with Crippen LogP contribution in [0.15, 0.2) is 97.2 Å². The number of esters is 2. The second kappa shape index (κ2) is 36.1. The van der Waals surface area contributed by atoms with Crippen LogP contribution >= 0.6 is 7.82 Å². The Kier molecular flexibility index (Phi) is 33.1. The van der Waals surface area contributed by atoms with E-state index in [0.717, 1.165) is 77.0 Å². The lowest BCUT2D eigenvalue weighted by Crippen LogP contribution is -2.64. The van der Waals surface area contributed by atoms with Crippen molar-refractivity contribution >= 4 is 19.8 Å². The molecule has 62 heavy (non-hydrogen) atoms. The lowest BCUT2D eigenvalue weighted by atomic mass is 9.85. The predicted molar refractivity (Wildman–Crippen MR) is 240 cm³/mol. The fourth-order valence-corrected chi connectivity index (χ4v) is 6.88. The molecule has 352 valence electrons. The molecule has 1 fully saturated rings. The molecule has 0 heterocycles. The number of carbonyl (C=O) groups is 2. The van der Waals surface area contributed by atoms with E-state index in [0.29, 0.717) is 12.8 Å². The van der Waals surface area contributed by atoms with Gasteiger partial charge in [-0.2, -0.15) is 0 Å². The Labute approximate surface area is 369 Å². The standard InChI is InChI=1S/C47H75O14P/c1-3-5-7-9-11-13-15-17-18-19-21-22-24-26-28-30-32-38(48)34-35-41(50)60-39(37-59-62(56,57)61-47-45(54)43(52)42(51)44(53)46(47)55)36-58-40(49)33-31-29-27-25-23-20-16-14-12-10-8-6-4-2/h5,7-8,10-11,13-14,16-18,21-22,26,28,30,32,38-39,42-48,51-55H,3-4,6,9,12,15,19-20,23-25,27,29,31,33-37H2,1-2H3,(H,56,57)/b7-5-,10-8-,13-11-,16-14-,18-17-,22-21-,28-26-,32-30-/t38?,39-,42?,43-,44+,45-,46-,47?/m1/s1. The van der Waals surface area contributed by atoms with Crippen LogP contribution in [0.5, 0.6) is 0 Å². The van der Waals surface area contributed by atoms with Gasteiger partial charge in [-0.05, 0) is 70.6 Å². The second-order valence-corrected chi connectivity index (χ2v) is 16.4. The summed E-state index contributed by atoms with van der Waals surface area (Å²) in [5.41, 5.74) is 0. The average Bonchev–Trinajstić information content (AvgIpc) is 3.25. The molecule has 0 spiro atoms. The van der Waals surface area contributed by atoms with Crippen LogP contribution in [0, 0.1) is 0 Å². The van der Waals surface area contributed by atoms with Crippen molar-refractivity contribution in [2.24, 2.45) is 0 Å². The van der Waals surface area contributed by atoms with Crippen LogP contribution in [-0.4, -0.2) is 110 Å². The number of rotatable bonds is 34. The van der Waals surface area contributed by atoms with Crippen molar-refractivity contribution < 1.29 is 68.2 Å². The molecule has 0 aliphatic heterocycles. The van der Waals surface area contributed by atoms with Crippen LogP contribution in [0.4, 0.5) is 0 Å². The number of carbonyl (C=O) groups excluding carboxylic acids is 2. The van der Waals surface area contributed by atoms with Gasteiger partial charge >= 0.3 is 19.8 Å². The molecule has 9 atom stereocenters. The summed E-state index contributed by atoms with van der Waals surface area (Å²) in [6.07, 6.45) is 30.7. The molecule has 0 amide bonds. The summed E-state index contributed by atoms with van der Waals surface area (Å²) in [5.74, 6) is -1.41. The zero-order valence-corrected chi connectivity index (χ0v) is 37.6. The third kappa shape index (κ3) is 28.4. The highest BCUT2D eigenvalue weighted by atomic mass is 31.2. The smallest absolute Gasteiger partial charge is 0.462 e. The van der Waals surface area contributed by atoms with Gasteiger partial charge in [0.2, 0.25) is 0 Å². The van der Waals surface area contributed by atoms with Crippen LogP contribution in [-0.2, 0) is 32.7 Å². The van der Waals surface area contributed by atoms with Crippen molar-refractivity contribution in [2.45, 2.75) is 172 Å². The Balaban J connectivity index is 2.61. The minimum atomic E-state index is -5.19. The fourth-order valence-electron chi connectivity index (χ4n) is 5.90. The molecular weight excluding hydrogens is 819 g/mol. The van der Waals surface area contributed by atoms with Crippen LogP contribution in [0.2, 0.25) is 0 Å². The van der Waals surface area contributed by atoms with Crippen LogP contribution in [0.25, 0.3) is 0 Å². The van der Waals surface area contributed by atoms with Gasteiger partial charge in [-0.3, -0.25) is 18.6 Å². The molecule has 0 aromatic heterocycles. The first-order valence-electron chi connectivity index (χ1n) is 22.1. The van der Waals surface area contributed by atoms with Gasteiger partial charge in [-0.25, -0.2) is 4.57 Å². The minimum absolute atomic E-state index is 0.0182. The molecule has 1 aliphatic rings. The number of phosphoric ester groups is 1. The number of allylic oxidation sites excluding steroid dienone is 15. The second-order valence-electron chi connectivity index (χ2n) is 15.0. The number of ether oxygens (including phenoxy) is 2. The van der Waals surface area contributed by atoms with Crippen molar-refractivity contribution in [3.63, 3.8) is 0 Å². The van der Waals surface area contributed by atoms with Gasteiger partial charge in [0.1, 0.15) is 43.2 Å². The van der Waals surface area contributed by atoms with E-state index in [9.17, 15) is 49.7 Å². The molecule has 1 rings (SSSR count). The quantitative estimate of drug-likeness (QED) is 0.0111. The monoisotopic (exact) mass is 894 g/mol. The van der Waals surface area contributed by atoms with E-state index in [1.807, 2.05) is 12.2 Å². The molecule has 0 bridgehead atoms. The molecule has 15 heteroatoms. The molecular formula is C47H75O14P. The van der Waals surface area contributed by atoms with Crippen LogP contribution in [0.1, 0.15) is 123 Å². The highest BCUT2D eigenvalue weighted by molar-refractivity contribution is 7.47. The summed E-state index contributed by atoms with van der Waals surface area (Å²) in [6.45, 7) is 2.88. The third-order valence-electron chi connectivity index (χ3n) is 9.51. The van der Waals surface area contributed by atoms with Gasteiger partial charge in [0.15, 0.2) is 6.10 Å². The van der Waals surface area contributed by atoms with Gasteiger partial charge < -0.3 is 45.0 Å². The summed E-state index contributed by atoms with van der Waals surface area (Å²) in [6, 6.07) is 0. The molecule has 7 N–H and O–H groups in total. The zero-order valence-electron chi connectivity index (χ0n) is 36.7. The van der Waals surface area contributed by atoms with Gasteiger partial charge in [0.25, 0.3) is 0 Å². The number of phosphoric acid groups is 1. The lowest BCUT2D eigenvalue weighted by Gasteiger charge is -2.41. The van der Waals surface area contributed by atoms with E-state index in [1.54, 1.807) is 12.2 Å². The number of hydrogen-bond donors (Lipinski definition) is 7. The molecule has 0 radical (unpaired) electrons. The lowest BCUT2D eigenvalue weighted by molar-refractivity contribution is -0.220. The van der Waals surface area contributed by atoms with Crippen molar-refractivity contribution in [3.05, 3.63) is 97.2 Å². The Morgan fingerprint density at radius 2 is 1.11 bits per heavy atom. The van der Waals surface area contributed by atoms with Gasteiger partial charge in [-0.1, -0.05) is 137 Å². The van der Waals surface area contributed by atoms with Crippen molar-refractivity contribution in [3.8, 4) is 0 Å². The van der Waals surface area contributed by atoms with E-state index in [2.05, 4.69) is 80.7 Å². The van der Waals surface area contributed by atoms with E-state index < -0.39 is 81.8 Å². The van der Waals surface area contributed by atoms with Crippen molar-refractivity contribution in [1.82, 2.24) is 0 Å². The van der Waals surface area contributed by atoms with Gasteiger partial charge in [0.05, 0.1) is 12.7 Å².